The van der Waals surface area contributed by atoms with Crippen molar-refractivity contribution in [1.82, 2.24) is 25.5 Å². The SMILES string of the molecule is COCCOc1ccccc1C(NCCCC(C)(C)CO)c1nnnn1-c1ccc2c(c1)OCO2. The van der Waals surface area contributed by atoms with Crippen molar-refractivity contribution >= 4 is 0 Å². The molecule has 2 aromatic carbocycles. The second kappa shape index (κ2) is 11.5. The van der Waals surface area contributed by atoms with Gasteiger partial charge in [0.1, 0.15) is 12.4 Å². The van der Waals surface area contributed by atoms with Crippen LogP contribution in [-0.2, 0) is 4.74 Å². The number of para-hydroxylation sites is 1. The number of aliphatic hydroxyl groups is 1. The van der Waals surface area contributed by atoms with Crippen molar-refractivity contribution in [2.24, 2.45) is 5.41 Å². The van der Waals surface area contributed by atoms with Crippen LogP contribution >= 0.6 is 0 Å². The van der Waals surface area contributed by atoms with Crippen molar-refractivity contribution in [2.75, 3.05) is 40.3 Å². The van der Waals surface area contributed by atoms with Crippen LogP contribution in [0.25, 0.3) is 5.69 Å². The molecule has 3 aromatic rings. The first-order valence-corrected chi connectivity index (χ1v) is 11.8. The molecular weight excluding hydrogens is 450 g/mol. The van der Waals surface area contributed by atoms with Crippen molar-refractivity contribution in [3.63, 3.8) is 0 Å². The summed E-state index contributed by atoms with van der Waals surface area (Å²) in [5.74, 6) is 2.70. The molecule has 1 aliphatic rings. The van der Waals surface area contributed by atoms with Gasteiger partial charge in [0.2, 0.25) is 6.79 Å². The lowest BCUT2D eigenvalue weighted by Crippen LogP contribution is -2.28. The van der Waals surface area contributed by atoms with Crippen LogP contribution in [0.4, 0.5) is 0 Å². The number of nitrogens with one attached hydrogen (secondary N) is 1. The Hall–Kier alpha value is -3.21. The second-order valence-corrected chi connectivity index (χ2v) is 9.18. The van der Waals surface area contributed by atoms with Crippen LogP contribution in [0.2, 0.25) is 0 Å². The van der Waals surface area contributed by atoms with Crippen LogP contribution < -0.4 is 19.5 Å². The van der Waals surface area contributed by atoms with E-state index in [0.717, 1.165) is 29.8 Å². The number of tetrazole rings is 1. The number of ether oxygens (including phenoxy) is 4. The van der Waals surface area contributed by atoms with Gasteiger partial charge in [-0.1, -0.05) is 32.0 Å². The van der Waals surface area contributed by atoms with Crippen molar-refractivity contribution in [2.45, 2.75) is 32.7 Å². The highest BCUT2D eigenvalue weighted by molar-refractivity contribution is 5.50. The molecule has 0 aliphatic carbocycles. The predicted octanol–water partition coefficient (Wildman–Crippen LogP) is 2.89. The van der Waals surface area contributed by atoms with E-state index in [1.807, 2.05) is 42.5 Å². The fourth-order valence-corrected chi connectivity index (χ4v) is 3.89. The summed E-state index contributed by atoms with van der Waals surface area (Å²) in [6.07, 6.45) is 1.75. The molecule has 1 atom stereocenters. The number of aromatic nitrogens is 4. The number of fused-ring (bicyclic) bond motifs is 1. The van der Waals surface area contributed by atoms with Gasteiger partial charge in [-0.3, -0.25) is 0 Å². The zero-order valence-electron chi connectivity index (χ0n) is 20.4. The molecule has 0 radical (unpaired) electrons. The molecule has 1 aromatic heterocycles. The number of benzene rings is 2. The van der Waals surface area contributed by atoms with E-state index < -0.39 is 0 Å². The van der Waals surface area contributed by atoms with Crippen molar-refractivity contribution in [1.29, 1.82) is 0 Å². The van der Waals surface area contributed by atoms with Gasteiger partial charge in [0.15, 0.2) is 17.3 Å². The minimum Gasteiger partial charge on any atom is -0.491 e. The summed E-state index contributed by atoms with van der Waals surface area (Å²) >= 11 is 0. The number of aliphatic hydroxyl groups excluding tert-OH is 1. The van der Waals surface area contributed by atoms with Crippen molar-refractivity contribution in [3.8, 4) is 22.9 Å². The molecule has 1 aliphatic heterocycles. The first kappa shape index (κ1) is 24.9. The molecule has 2 heterocycles. The van der Waals surface area contributed by atoms with Crippen LogP contribution in [0.5, 0.6) is 17.2 Å². The van der Waals surface area contributed by atoms with E-state index in [2.05, 4.69) is 34.7 Å². The molecular formula is C25H33N5O5. The summed E-state index contributed by atoms with van der Waals surface area (Å²) in [6.45, 7) is 6.08. The second-order valence-electron chi connectivity index (χ2n) is 9.18. The van der Waals surface area contributed by atoms with E-state index in [4.69, 9.17) is 18.9 Å². The van der Waals surface area contributed by atoms with Crippen LogP contribution in [0.1, 0.15) is 44.1 Å². The molecule has 0 amide bonds. The van der Waals surface area contributed by atoms with Crippen LogP contribution in [0.3, 0.4) is 0 Å². The topological polar surface area (TPSA) is 113 Å². The lowest BCUT2D eigenvalue weighted by atomic mass is 9.89. The maximum atomic E-state index is 9.60. The molecule has 0 saturated carbocycles. The highest BCUT2D eigenvalue weighted by atomic mass is 16.7. The lowest BCUT2D eigenvalue weighted by Gasteiger charge is -2.24. The van der Waals surface area contributed by atoms with Crippen LogP contribution in [0, 0.1) is 5.41 Å². The van der Waals surface area contributed by atoms with Gasteiger partial charge in [0.05, 0.1) is 18.3 Å². The van der Waals surface area contributed by atoms with Crippen molar-refractivity contribution < 1.29 is 24.1 Å². The standard InChI is InChI=1S/C25H33N5O5/c1-25(2,16-31)11-6-12-26-23(19-7-4-5-8-20(19)33-14-13-32-3)24-27-28-29-30(24)18-9-10-21-22(15-18)35-17-34-21/h4-5,7-10,15,23,26,31H,6,11-14,16-17H2,1-3H3. The van der Waals surface area contributed by atoms with Crippen LogP contribution in [-0.4, -0.2) is 65.6 Å². The summed E-state index contributed by atoms with van der Waals surface area (Å²) in [6, 6.07) is 13.1. The Morgan fingerprint density at radius 1 is 1.14 bits per heavy atom. The Kier molecular flexibility index (Phi) is 8.17. The number of rotatable bonds is 13. The minimum absolute atomic E-state index is 0.133. The van der Waals surface area contributed by atoms with E-state index in [1.54, 1.807) is 11.8 Å². The highest BCUT2D eigenvalue weighted by Crippen LogP contribution is 2.35. The third kappa shape index (κ3) is 6.08. The molecule has 188 valence electrons. The van der Waals surface area contributed by atoms with Gasteiger partial charge in [0.25, 0.3) is 0 Å². The first-order chi connectivity index (χ1) is 17.0. The molecule has 0 bridgehead atoms. The summed E-state index contributed by atoms with van der Waals surface area (Å²) in [4.78, 5) is 0. The van der Waals surface area contributed by atoms with E-state index in [-0.39, 0.29) is 24.9 Å². The Morgan fingerprint density at radius 2 is 1.97 bits per heavy atom. The van der Waals surface area contributed by atoms with Crippen molar-refractivity contribution in [3.05, 3.63) is 53.9 Å². The minimum atomic E-state index is -0.341. The molecule has 4 rings (SSSR count). The quantitative estimate of drug-likeness (QED) is 0.354. The Balaban J connectivity index is 1.64. The monoisotopic (exact) mass is 483 g/mol. The van der Waals surface area contributed by atoms with E-state index in [9.17, 15) is 5.11 Å². The van der Waals surface area contributed by atoms with Crippen LogP contribution in [0.15, 0.2) is 42.5 Å². The van der Waals surface area contributed by atoms with E-state index >= 15 is 0 Å². The number of methoxy groups -OCH3 is 1. The fraction of sp³-hybridized carbons (Fsp3) is 0.480. The largest absolute Gasteiger partial charge is 0.491 e. The first-order valence-electron chi connectivity index (χ1n) is 11.8. The third-order valence-electron chi connectivity index (χ3n) is 5.93. The molecule has 0 saturated heterocycles. The average Bonchev–Trinajstić information content (AvgIpc) is 3.54. The molecule has 1 unspecified atom stereocenters. The Bertz CT molecular complexity index is 1100. The van der Waals surface area contributed by atoms with Gasteiger partial charge in [-0.25, -0.2) is 0 Å². The van der Waals surface area contributed by atoms with Gasteiger partial charge in [0, 0.05) is 25.3 Å². The highest BCUT2D eigenvalue weighted by Gasteiger charge is 2.26. The smallest absolute Gasteiger partial charge is 0.231 e. The normalized spacial score (nSPS) is 13.7. The molecule has 10 nitrogen and oxygen atoms in total. The summed E-state index contributed by atoms with van der Waals surface area (Å²) in [7, 11) is 1.65. The number of hydrogen-bond acceptors (Lipinski definition) is 9. The Labute approximate surface area is 205 Å². The molecule has 0 fully saturated rings. The van der Waals surface area contributed by atoms with Gasteiger partial charge in [-0.05, 0) is 53.4 Å². The maximum absolute atomic E-state index is 9.60. The molecule has 10 heteroatoms. The molecule has 0 spiro atoms. The number of hydrogen-bond donors (Lipinski definition) is 2. The van der Waals surface area contributed by atoms with Gasteiger partial charge < -0.3 is 29.4 Å². The zero-order chi connectivity index (χ0) is 24.7. The van der Waals surface area contributed by atoms with Gasteiger partial charge in [-0.15, -0.1) is 5.10 Å². The van der Waals surface area contributed by atoms with E-state index in [1.165, 1.54) is 0 Å². The summed E-state index contributed by atoms with van der Waals surface area (Å²) in [5, 5.41) is 25.9. The van der Waals surface area contributed by atoms with Gasteiger partial charge >= 0.3 is 0 Å². The lowest BCUT2D eigenvalue weighted by molar-refractivity contribution is 0.145. The molecule has 35 heavy (non-hydrogen) atoms. The van der Waals surface area contributed by atoms with Gasteiger partial charge in [-0.2, -0.15) is 4.68 Å². The fourth-order valence-electron chi connectivity index (χ4n) is 3.89. The number of nitrogens with zero attached hydrogens (tertiary/aromatic N) is 4. The Morgan fingerprint density at radius 3 is 2.80 bits per heavy atom. The maximum Gasteiger partial charge on any atom is 0.231 e. The van der Waals surface area contributed by atoms with E-state index in [0.29, 0.717) is 37.1 Å². The molecule has 2 N–H and O–H groups in total. The average molecular weight is 484 g/mol. The third-order valence-corrected chi connectivity index (χ3v) is 5.93. The summed E-state index contributed by atoms with van der Waals surface area (Å²) < 4.78 is 23.9. The predicted molar refractivity (Wildman–Crippen MR) is 129 cm³/mol. The zero-order valence-corrected chi connectivity index (χ0v) is 20.4. The summed E-state index contributed by atoms with van der Waals surface area (Å²) in [5.41, 5.74) is 1.55.